The van der Waals surface area contributed by atoms with Crippen molar-refractivity contribution in [3.05, 3.63) is 60.7 Å². The zero-order chi connectivity index (χ0) is 79.1. The van der Waals surface area contributed by atoms with Crippen LogP contribution in [0.25, 0.3) is 0 Å². The summed E-state index contributed by atoms with van der Waals surface area (Å²) in [5.74, 6) is 0.208. The maximum absolute atomic E-state index is 11.8. The van der Waals surface area contributed by atoms with Crippen LogP contribution in [0.2, 0.25) is 0 Å². The summed E-state index contributed by atoms with van der Waals surface area (Å²) in [5, 5.41) is 76.6. The van der Waals surface area contributed by atoms with Crippen molar-refractivity contribution < 1.29 is 108 Å². The Morgan fingerprint density at radius 2 is 0.796 bits per heavy atom. The minimum atomic E-state index is -1.31. The predicted molar refractivity (Wildman–Crippen MR) is 374 cm³/mol. The van der Waals surface area contributed by atoms with Crippen LogP contribution in [0.4, 0.5) is 4.79 Å². The van der Waals surface area contributed by atoms with Crippen molar-refractivity contribution in [1.82, 2.24) is 26.6 Å². The number of nitrogens with one attached hydrogen (secondary N) is 5. The van der Waals surface area contributed by atoms with E-state index in [0.29, 0.717) is 90.6 Å². The van der Waals surface area contributed by atoms with E-state index in [2.05, 4.69) is 55.6 Å². The van der Waals surface area contributed by atoms with E-state index in [9.17, 15) is 94.6 Å². The quantitative estimate of drug-likeness (QED) is 0.0172. The highest BCUT2D eigenvalue weighted by Gasteiger charge is 2.25. The van der Waals surface area contributed by atoms with Crippen LogP contribution in [-0.4, -0.2) is 236 Å². The lowest BCUT2D eigenvalue weighted by Gasteiger charge is -2.22. The standard InChI is InChI=1S/C14H25N3O11.C12H26N4O4.C11H23N3O4S.C10H22N4O5.C9H19N3O4S/c1-14(2,3)27-13(20)15-11(8-18)12(19)25-7-5-4-6-10(28-17(23)24)9-26-16(21)22;13-8-4-3-7-11(14)12(17)15-9-5-1-2-6-10-20-16(18)19;1-19-9-6-10(12)11(15)13-7-4-2-3-5-8-18-14(16)17;11-4-2-1-3-9(12)10(15)13-5-6-18-7-8-19-14(16)17;1-17-7-4-8(10)9(13)11-5-2-3-6-16-12(14)15/h10-11,18H,4-9H2,1-3H3,(H,15,20);11H,1-10,13-14H2,(H,15,17);10H,2-9,12H2,1H3,(H,13,15);9H,1-8,11-12H2,(H,13,15);8H,2-7,10H2,1H3,(H,11,13). The van der Waals surface area contributed by atoms with Gasteiger partial charge in [-0.2, -0.15) is 23.5 Å². The molecule has 0 aliphatic carbocycles. The van der Waals surface area contributed by atoms with Crippen molar-refractivity contribution in [2.24, 2.45) is 34.4 Å². The SMILES string of the molecule is CC(C)(C)OC(=O)NC(CO)C(=O)OCCCCC(CO[N+](=O)[O-])O[N+](=O)[O-].CSCCC(N)C(=O)NCCCCCCO[N+](=O)[O-].CSCCC(N)C(=O)NCCCCO[N+](=O)[O-].NCCCCC(N)C(=O)NCCCCCCO[N+](=O)[O-].NCCCCC(N)C(=O)NCCOCCO[N+](=O)[O-]. The number of thioether (sulfide) groups is 2. The number of amides is 5. The lowest BCUT2D eigenvalue weighted by atomic mass is 10.1. The highest BCUT2D eigenvalue weighted by Crippen LogP contribution is 2.10. The number of hydrogen-bond donors (Lipinski definition) is 12. The van der Waals surface area contributed by atoms with E-state index < -0.39 is 97.7 Å². The first-order valence-electron chi connectivity index (χ1n) is 33.3. The van der Waals surface area contributed by atoms with Gasteiger partial charge in [0.1, 0.15) is 24.9 Å². The third kappa shape index (κ3) is 81.4. The Morgan fingerprint density at radius 1 is 0.437 bits per heavy atom. The van der Waals surface area contributed by atoms with Gasteiger partial charge in [-0.05, 0) is 154 Å². The molecule has 0 bridgehead atoms. The number of carbonyl (C=O) groups excluding carboxylic acids is 6. The van der Waals surface area contributed by atoms with E-state index in [4.69, 9.17) is 48.6 Å². The number of aliphatic hydroxyl groups is 1. The number of hydrogen-bond acceptors (Lipinski definition) is 36. The van der Waals surface area contributed by atoms with Gasteiger partial charge in [0.05, 0.1) is 70.4 Å². The van der Waals surface area contributed by atoms with Crippen LogP contribution in [-0.2, 0) is 67.2 Å². The summed E-state index contributed by atoms with van der Waals surface area (Å²) >= 11 is 3.31. The molecule has 6 unspecified atom stereocenters. The molecule has 0 aromatic carbocycles. The Bertz CT molecular complexity index is 2270. The molecular weight excluding hydrogens is 1420 g/mol. The minimum Gasteiger partial charge on any atom is -0.464 e. The molecule has 6 atom stereocenters. The Hall–Kier alpha value is -7.80. The Labute approximate surface area is 606 Å². The maximum atomic E-state index is 11.8. The van der Waals surface area contributed by atoms with Crippen LogP contribution in [0.3, 0.4) is 0 Å². The number of aliphatic hydroxyl groups excluding tert-OH is 1. The normalized spacial score (nSPS) is 12.2. The predicted octanol–water partition coefficient (Wildman–Crippen LogP) is 0.605. The van der Waals surface area contributed by atoms with Crippen molar-refractivity contribution in [2.45, 2.75) is 198 Å². The van der Waals surface area contributed by atoms with Gasteiger partial charge >= 0.3 is 12.1 Å². The van der Waals surface area contributed by atoms with E-state index in [-0.39, 0.29) is 89.1 Å². The van der Waals surface area contributed by atoms with Gasteiger partial charge in [0.2, 0.25) is 23.6 Å². The fourth-order valence-corrected chi connectivity index (χ4v) is 8.30. The fraction of sp³-hybridized carbons (Fsp3) is 0.893. The molecule has 604 valence electrons. The van der Waals surface area contributed by atoms with E-state index in [1.807, 2.05) is 12.5 Å². The van der Waals surface area contributed by atoms with Gasteiger partial charge in [0, 0.05) is 26.2 Å². The third-order valence-electron chi connectivity index (χ3n) is 12.6. The van der Waals surface area contributed by atoms with E-state index in [1.165, 1.54) is 0 Å². The van der Waals surface area contributed by atoms with Crippen LogP contribution in [0.5, 0.6) is 0 Å². The molecule has 0 aromatic rings. The zero-order valence-electron chi connectivity index (χ0n) is 59.8. The number of carbonyl (C=O) groups is 6. The van der Waals surface area contributed by atoms with Crippen molar-refractivity contribution in [1.29, 1.82) is 0 Å². The van der Waals surface area contributed by atoms with Gasteiger partial charge in [-0.25, -0.2) is 9.59 Å². The summed E-state index contributed by atoms with van der Waals surface area (Å²) in [5.41, 5.74) is 32.7. The average molecular weight is 1540 g/mol. The number of nitrogens with zero attached hydrogens (tertiary/aromatic N) is 6. The maximum Gasteiger partial charge on any atom is 0.408 e. The number of unbranched alkanes of at least 4 members (excludes halogenated alkanes) is 10. The number of rotatable bonds is 60. The molecule has 0 saturated heterocycles. The van der Waals surface area contributed by atoms with Crippen molar-refractivity contribution in [3.8, 4) is 0 Å². The highest BCUT2D eigenvalue weighted by molar-refractivity contribution is 7.98. The molecule has 5 amide bonds. The van der Waals surface area contributed by atoms with E-state index in [1.54, 1.807) is 44.3 Å². The second-order valence-corrected chi connectivity index (χ2v) is 24.6. The number of esters is 1. The second-order valence-electron chi connectivity index (χ2n) is 22.6. The molecule has 18 N–H and O–H groups in total. The minimum absolute atomic E-state index is 0.0476. The van der Waals surface area contributed by atoms with Crippen LogP contribution in [0.15, 0.2) is 0 Å². The largest absolute Gasteiger partial charge is 0.464 e. The van der Waals surface area contributed by atoms with Gasteiger partial charge in [-0.15, -0.1) is 60.7 Å². The summed E-state index contributed by atoms with van der Waals surface area (Å²) < 4.78 is 14.9. The van der Waals surface area contributed by atoms with Gasteiger partial charge in [-0.3, -0.25) is 19.2 Å². The summed E-state index contributed by atoms with van der Waals surface area (Å²) in [6.45, 7) is 7.19. The lowest BCUT2D eigenvalue weighted by Crippen LogP contribution is -2.46. The Balaban J connectivity index is -0.000000393. The molecule has 47 heteroatoms. The first-order valence-corrected chi connectivity index (χ1v) is 36.1. The third-order valence-corrected chi connectivity index (χ3v) is 13.9. The molecule has 0 spiro atoms. The first-order chi connectivity index (χ1) is 48.7. The second kappa shape index (κ2) is 72.5. The monoisotopic (exact) mass is 1540 g/mol. The van der Waals surface area contributed by atoms with Crippen LogP contribution >= 0.6 is 23.5 Å². The summed E-state index contributed by atoms with van der Waals surface area (Å²) in [6, 6.07) is -3.22. The number of alkyl carbamates (subject to hydrolysis) is 1. The van der Waals surface area contributed by atoms with Gasteiger partial charge < -0.3 is 109 Å². The Kier molecular flexibility index (Phi) is 73.1. The molecule has 0 heterocycles. The molecule has 0 radical (unpaired) electrons. The molecule has 0 aromatic heterocycles. The molecular formula is C56H115N17O28S2. The van der Waals surface area contributed by atoms with Crippen LogP contribution in [0.1, 0.15) is 156 Å². The Morgan fingerprint density at radius 3 is 1.17 bits per heavy atom. The molecule has 45 nitrogen and oxygen atoms in total. The van der Waals surface area contributed by atoms with Crippen LogP contribution in [0, 0.1) is 60.7 Å². The smallest absolute Gasteiger partial charge is 0.408 e. The zero-order valence-corrected chi connectivity index (χ0v) is 61.4. The molecule has 103 heavy (non-hydrogen) atoms. The van der Waals surface area contributed by atoms with Gasteiger partial charge in [0.25, 0.3) is 30.5 Å². The lowest BCUT2D eigenvalue weighted by molar-refractivity contribution is -0.790. The molecule has 0 saturated carbocycles. The molecule has 0 aliphatic rings. The van der Waals surface area contributed by atoms with Crippen molar-refractivity contribution >= 4 is 59.2 Å². The number of nitrogens with two attached hydrogens (primary N) is 6. The van der Waals surface area contributed by atoms with Crippen molar-refractivity contribution in [3.63, 3.8) is 0 Å². The van der Waals surface area contributed by atoms with E-state index in [0.717, 1.165) is 75.7 Å². The van der Waals surface area contributed by atoms with E-state index >= 15 is 0 Å². The molecule has 0 fully saturated rings. The average Bonchev–Trinajstić information content (AvgIpc) is 0.916. The summed E-state index contributed by atoms with van der Waals surface area (Å²) in [4.78, 5) is 154. The molecule has 0 aliphatic heterocycles. The van der Waals surface area contributed by atoms with Crippen molar-refractivity contribution in [2.75, 3.05) is 123 Å². The topological polar surface area (TPSA) is 681 Å². The van der Waals surface area contributed by atoms with Gasteiger partial charge in [-0.1, -0.05) is 38.5 Å². The first kappa shape index (κ1) is 104. The summed E-state index contributed by atoms with van der Waals surface area (Å²) in [6.07, 6.45) is 16.1. The summed E-state index contributed by atoms with van der Waals surface area (Å²) in [7, 11) is 0. The highest BCUT2D eigenvalue weighted by atomic mass is 32.2. The van der Waals surface area contributed by atoms with Crippen LogP contribution < -0.4 is 61.0 Å². The number of ether oxygens (including phenoxy) is 3. The fourth-order valence-electron chi connectivity index (χ4n) is 7.32. The van der Waals surface area contributed by atoms with Gasteiger partial charge in [0.15, 0.2) is 6.04 Å². The molecule has 0 rings (SSSR count).